The van der Waals surface area contributed by atoms with Crippen LogP contribution in [0.4, 0.5) is 4.79 Å². The zero-order chi connectivity index (χ0) is 17.0. The van der Waals surface area contributed by atoms with E-state index in [1.54, 1.807) is 0 Å². The second-order valence-corrected chi connectivity index (χ2v) is 8.66. The van der Waals surface area contributed by atoms with Crippen molar-refractivity contribution < 1.29 is 14.3 Å². The van der Waals surface area contributed by atoms with Crippen molar-refractivity contribution in [1.82, 2.24) is 5.32 Å². The van der Waals surface area contributed by atoms with Crippen LogP contribution in [0.25, 0.3) is 0 Å². The summed E-state index contributed by atoms with van der Waals surface area (Å²) in [6, 6.07) is 0. The average Bonchev–Trinajstić information content (AvgIpc) is 2.33. The molecule has 3 atom stereocenters. The molecule has 0 aromatic carbocycles. The molecule has 1 saturated carbocycles. The van der Waals surface area contributed by atoms with Gasteiger partial charge in [-0.1, -0.05) is 29.8 Å². The molecule has 0 bridgehead atoms. The Kier molecular flexibility index (Phi) is 7.19. The molecule has 0 saturated heterocycles. The van der Waals surface area contributed by atoms with Crippen LogP contribution in [0.5, 0.6) is 0 Å². The molecule has 1 amide bonds. The van der Waals surface area contributed by atoms with Crippen LogP contribution in [-0.4, -0.2) is 35.3 Å². The van der Waals surface area contributed by atoms with Crippen LogP contribution in [-0.2, 0) is 9.47 Å². The number of halogens is 1. The zero-order valence-electron chi connectivity index (χ0n) is 14.9. The first-order chi connectivity index (χ1) is 10.0. The number of alkyl halides is 1. The van der Waals surface area contributed by atoms with E-state index in [2.05, 4.69) is 35.1 Å². The molecule has 0 heterocycles. The molecular formula is C17H32BrNO3. The standard InChI is InChI=1S/C17H32BrNO3/c1-12-7-13(2)9-14(8-12)21-17(6,10-18)11-19-15(20)22-16(3,4)5/h12-14H,7-11H2,1-6H3,(H,19,20). The van der Waals surface area contributed by atoms with Gasteiger partial charge in [-0.05, 0) is 58.8 Å². The number of ether oxygens (including phenoxy) is 2. The first-order valence-electron chi connectivity index (χ1n) is 8.23. The molecule has 1 rings (SSSR count). The predicted molar refractivity (Wildman–Crippen MR) is 93.5 cm³/mol. The highest BCUT2D eigenvalue weighted by molar-refractivity contribution is 9.09. The first-order valence-corrected chi connectivity index (χ1v) is 9.36. The topological polar surface area (TPSA) is 47.6 Å². The van der Waals surface area contributed by atoms with Gasteiger partial charge in [0.05, 0.1) is 18.2 Å². The Morgan fingerprint density at radius 3 is 2.14 bits per heavy atom. The van der Waals surface area contributed by atoms with E-state index in [0.717, 1.165) is 12.8 Å². The molecule has 1 fully saturated rings. The van der Waals surface area contributed by atoms with Crippen molar-refractivity contribution in [2.24, 2.45) is 11.8 Å². The van der Waals surface area contributed by atoms with E-state index in [1.165, 1.54) is 6.42 Å². The van der Waals surface area contributed by atoms with Crippen LogP contribution in [0.3, 0.4) is 0 Å². The Labute approximate surface area is 143 Å². The van der Waals surface area contributed by atoms with Crippen LogP contribution in [0.15, 0.2) is 0 Å². The quantitative estimate of drug-likeness (QED) is 0.717. The minimum atomic E-state index is -0.482. The minimum absolute atomic E-state index is 0.265. The van der Waals surface area contributed by atoms with Crippen LogP contribution >= 0.6 is 15.9 Å². The van der Waals surface area contributed by atoms with Crippen molar-refractivity contribution in [3.8, 4) is 0 Å². The maximum Gasteiger partial charge on any atom is 0.407 e. The van der Waals surface area contributed by atoms with Gasteiger partial charge in [-0.15, -0.1) is 0 Å². The SMILES string of the molecule is CC1CC(C)CC(OC(C)(CBr)CNC(=O)OC(C)(C)C)C1. The van der Waals surface area contributed by atoms with Gasteiger partial charge in [0.2, 0.25) is 0 Å². The summed E-state index contributed by atoms with van der Waals surface area (Å²) < 4.78 is 11.6. The number of nitrogens with one attached hydrogen (secondary N) is 1. The maximum atomic E-state index is 11.8. The summed E-state index contributed by atoms with van der Waals surface area (Å²) in [5.74, 6) is 1.40. The Balaban J connectivity index is 2.51. The van der Waals surface area contributed by atoms with E-state index in [-0.39, 0.29) is 6.10 Å². The van der Waals surface area contributed by atoms with E-state index in [1.807, 2.05) is 27.7 Å². The van der Waals surface area contributed by atoms with Gasteiger partial charge in [-0.2, -0.15) is 0 Å². The molecule has 1 aliphatic carbocycles. The number of carbonyl (C=O) groups excluding carboxylic acids is 1. The number of alkyl carbamates (subject to hydrolysis) is 1. The third-order valence-electron chi connectivity index (χ3n) is 3.87. The molecule has 1 aliphatic rings. The molecule has 0 spiro atoms. The van der Waals surface area contributed by atoms with Crippen molar-refractivity contribution in [1.29, 1.82) is 0 Å². The Morgan fingerprint density at radius 1 is 1.14 bits per heavy atom. The van der Waals surface area contributed by atoms with Crippen LogP contribution in [0.1, 0.15) is 60.8 Å². The molecule has 1 N–H and O–H groups in total. The van der Waals surface area contributed by atoms with Gasteiger partial charge in [-0.25, -0.2) is 4.79 Å². The van der Waals surface area contributed by atoms with Gasteiger partial charge in [0.1, 0.15) is 5.60 Å². The molecule has 22 heavy (non-hydrogen) atoms. The molecule has 0 aliphatic heterocycles. The molecule has 0 radical (unpaired) electrons. The van der Waals surface area contributed by atoms with E-state index in [9.17, 15) is 4.79 Å². The van der Waals surface area contributed by atoms with Crippen molar-refractivity contribution in [3.63, 3.8) is 0 Å². The molecule has 3 unspecified atom stereocenters. The number of carbonyl (C=O) groups is 1. The van der Waals surface area contributed by atoms with Crippen LogP contribution < -0.4 is 5.32 Å². The number of hydrogen-bond acceptors (Lipinski definition) is 3. The van der Waals surface area contributed by atoms with Crippen molar-refractivity contribution in [3.05, 3.63) is 0 Å². The maximum absolute atomic E-state index is 11.8. The minimum Gasteiger partial charge on any atom is -0.444 e. The summed E-state index contributed by atoms with van der Waals surface area (Å²) in [5.41, 5.74) is -0.900. The highest BCUT2D eigenvalue weighted by Gasteiger charge is 2.33. The fourth-order valence-electron chi connectivity index (χ4n) is 3.07. The molecule has 4 nitrogen and oxygen atoms in total. The molecule has 0 aromatic rings. The monoisotopic (exact) mass is 377 g/mol. The van der Waals surface area contributed by atoms with Crippen molar-refractivity contribution >= 4 is 22.0 Å². The van der Waals surface area contributed by atoms with E-state index in [4.69, 9.17) is 9.47 Å². The predicted octanol–water partition coefficient (Wildman–Crippen LogP) is 4.51. The summed E-state index contributed by atoms with van der Waals surface area (Å²) in [5, 5.41) is 3.50. The molecule has 5 heteroatoms. The first kappa shape index (κ1) is 19.8. The van der Waals surface area contributed by atoms with E-state index in [0.29, 0.717) is 23.7 Å². The van der Waals surface area contributed by atoms with Crippen LogP contribution in [0, 0.1) is 11.8 Å². The lowest BCUT2D eigenvalue weighted by Gasteiger charge is -2.38. The van der Waals surface area contributed by atoms with Crippen LogP contribution in [0.2, 0.25) is 0 Å². The van der Waals surface area contributed by atoms with Crippen molar-refractivity contribution in [2.45, 2.75) is 78.1 Å². The summed E-state index contributed by atoms with van der Waals surface area (Å²) in [6.45, 7) is 12.6. The second-order valence-electron chi connectivity index (χ2n) is 8.10. The molecule has 130 valence electrons. The fraction of sp³-hybridized carbons (Fsp3) is 0.941. The second kappa shape index (κ2) is 8.00. The normalized spacial score (nSPS) is 28.8. The summed E-state index contributed by atoms with van der Waals surface area (Å²) >= 11 is 3.52. The van der Waals surface area contributed by atoms with Crippen molar-refractivity contribution in [2.75, 3.05) is 11.9 Å². The van der Waals surface area contributed by atoms with Gasteiger partial charge in [0.25, 0.3) is 0 Å². The largest absolute Gasteiger partial charge is 0.444 e. The fourth-order valence-corrected chi connectivity index (χ4v) is 3.40. The molecular weight excluding hydrogens is 346 g/mol. The third-order valence-corrected chi connectivity index (χ3v) is 5.06. The Hall–Kier alpha value is -0.290. The Morgan fingerprint density at radius 2 is 1.68 bits per heavy atom. The highest BCUT2D eigenvalue weighted by Crippen LogP contribution is 2.33. The summed E-state index contributed by atoms with van der Waals surface area (Å²) in [7, 11) is 0. The van der Waals surface area contributed by atoms with Gasteiger partial charge in [0, 0.05) is 5.33 Å². The third kappa shape index (κ3) is 7.32. The van der Waals surface area contributed by atoms with E-state index < -0.39 is 17.3 Å². The lowest BCUT2D eigenvalue weighted by molar-refractivity contribution is -0.0930. The number of hydrogen-bond donors (Lipinski definition) is 1. The smallest absolute Gasteiger partial charge is 0.407 e. The highest BCUT2D eigenvalue weighted by atomic mass is 79.9. The lowest BCUT2D eigenvalue weighted by atomic mass is 9.81. The van der Waals surface area contributed by atoms with Gasteiger partial charge >= 0.3 is 6.09 Å². The average molecular weight is 378 g/mol. The van der Waals surface area contributed by atoms with E-state index >= 15 is 0 Å². The zero-order valence-corrected chi connectivity index (χ0v) is 16.5. The van der Waals surface area contributed by atoms with Gasteiger partial charge in [0.15, 0.2) is 0 Å². The lowest BCUT2D eigenvalue weighted by Crippen LogP contribution is -2.48. The van der Waals surface area contributed by atoms with Gasteiger partial charge in [-0.3, -0.25) is 0 Å². The molecule has 0 aromatic heterocycles. The Bertz CT molecular complexity index is 359. The summed E-state index contributed by atoms with van der Waals surface area (Å²) in [4.78, 5) is 11.8. The summed E-state index contributed by atoms with van der Waals surface area (Å²) in [6.07, 6.45) is 3.34. The number of rotatable bonds is 5. The van der Waals surface area contributed by atoms with Gasteiger partial charge < -0.3 is 14.8 Å². The number of amides is 1.